The van der Waals surface area contributed by atoms with Gasteiger partial charge in [-0.15, -0.1) is 0 Å². The number of hydrogen-bond acceptors (Lipinski definition) is 4. The molecule has 0 N–H and O–H groups in total. The van der Waals surface area contributed by atoms with Crippen molar-refractivity contribution in [2.75, 3.05) is 0 Å². The molecular weight excluding hydrogens is 232 g/mol. The molecule has 0 bridgehead atoms. The van der Waals surface area contributed by atoms with Gasteiger partial charge in [0.2, 0.25) is 0 Å². The third kappa shape index (κ3) is 2.61. The lowest BCUT2D eigenvalue weighted by Gasteiger charge is -1.97. The zero-order valence-corrected chi connectivity index (χ0v) is 9.32. The van der Waals surface area contributed by atoms with E-state index in [1.807, 2.05) is 13.0 Å². The summed E-state index contributed by atoms with van der Waals surface area (Å²) in [6.45, 7) is 1.91. The van der Waals surface area contributed by atoms with Crippen LogP contribution in [0.4, 0.5) is 5.88 Å². The van der Waals surface area contributed by atoms with Crippen molar-refractivity contribution in [3.63, 3.8) is 0 Å². The third-order valence-electron chi connectivity index (χ3n) is 1.89. The Kier molecular flexibility index (Phi) is 4.09. The molecule has 0 atom stereocenters. The molecule has 0 amide bonds. The Morgan fingerprint density at radius 1 is 1.69 bits per heavy atom. The van der Waals surface area contributed by atoms with Crippen molar-refractivity contribution in [3.8, 4) is 6.07 Å². The van der Waals surface area contributed by atoms with Crippen molar-refractivity contribution in [3.05, 3.63) is 33.6 Å². The van der Waals surface area contributed by atoms with Gasteiger partial charge >= 0.3 is 5.88 Å². The first-order valence-corrected chi connectivity index (χ1v) is 5.01. The smallest absolute Gasteiger partial charge is 0.400 e. The van der Waals surface area contributed by atoms with Crippen LogP contribution in [0, 0.1) is 21.4 Å². The Hall–Kier alpha value is -1.80. The summed E-state index contributed by atoms with van der Waals surface area (Å²) >= 11 is 5.91. The number of halogens is 1. The van der Waals surface area contributed by atoms with E-state index in [9.17, 15) is 10.1 Å². The van der Waals surface area contributed by atoms with Crippen LogP contribution in [-0.2, 0) is 0 Å². The summed E-state index contributed by atoms with van der Waals surface area (Å²) in [5.41, 5.74) is 0.369. The molecule has 0 radical (unpaired) electrons. The number of nitrogens with zero attached hydrogens (tertiary/aromatic N) is 2. The molecule has 5 nitrogen and oxygen atoms in total. The van der Waals surface area contributed by atoms with E-state index in [4.69, 9.17) is 21.3 Å². The second-order valence-corrected chi connectivity index (χ2v) is 3.43. The maximum absolute atomic E-state index is 10.4. The average Bonchev–Trinajstić information content (AvgIpc) is 2.74. The van der Waals surface area contributed by atoms with Crippen molar-refractivity contribution in [1.82, 2.24) is 0 Å². The van der Waals surface area contributed by atoms with E-state index in [0.717, 1.165) is 6.42 Å². The van der Waals surface area contributed by atoms with Crippen LogP contribution >= 0.6 is 11.6 Å². The minimum absolute atomic E-state index is 0.137. The summed E-state index contributed by atoms with van der Waals surface area (Å²) in [7, 11) is 0. The molecule has 6 heteroatoms. The predicted molar refractivity (Wildman–Crippen MR) is 58.7 cm³/mol. The van der Waals surface area contributed by atoms with Gasteiger partial charge in [-0.1, -0.05) is 24.9 Å². The first-order chi connectivity index (χ1) is 7.60. The third-order valence-corrected chi connectivity index (χ3v) is 2.30. The van der Waals surface area contributed by atoms with Crippen LogP contribution in [0.1, 0.15) is 25.5 Å². The standard InChI is InChI=1S/C10H9ClN2O3/c1-2-3-7(6-12)10(11)8-4-5-9(16-8)13(14)15/h4-5H,2-3H2,1H3. The molecule has 16 heavy (non-hydrogen) atoms. The zero-order valence-electron chi connectivity index (χ0n) is 8.57. The summed E-state index contributed by atoms with van der Waals surface area (Å²) in [5.74, 6) is -0.236. The molecule has 0 spiro atoms. The van der Waals surface area contributed by atoms with Crippen LogP contribution in [0.2, 0.25) is 0 Å². The zero-order chi connectivity index (χ0) is 12.1. The number of furan rings is 1. The van der Waals surface area contributed by atoms with E-state index < -0.39 is 4.92 Å². The summed E-state index contributed by atoms with van der Waals surface area (Å²) in [4.78, 5) is 9.74. The second kappa shape index (κ2) is 5.33. The van der Waals surface area contributed by atoms with E-state index >= 15 is 0 Å². The van der Waals surface area contributed by atoms with Gasteiger partial charge in [-0.2, -0.15) is 5.26 Å². The summed E-state index contributed by atoms with van der Waals surface area (Å²) in [5, 5.41) is 19.4. The molecule has 1 aromatic heterocycles. The lowest BCUT2D eigenvalue weighted by Crippen LogP contribution is -1.84. The monoisotopic (exact) mass is 240 g/mol. The minimum Gasteiger partial charge on any atom is -0.400 e. The second-order valence-electron chi connectivity index (χ2n) is 3.05. The predicted octanol–water partition coefficient (Wildman–Crippen LogP) is 3.46. The van der Waals surface area contributed by atoms with Crippen LogP contribution in [0.5, 0.6) is 0 Å². The Morgan fingerprint density at radius 3 is 2.81 bits per heavy atom. The molecule has 1 aromatic rings. The van der Waals surface area contributed by atoms with Gasteiger partial charge in [0.05, 0.1) is 22.7 Å². The van der Waals surface area contributed by atoms with E-state index in [-0.39, 0.29) is 16.7 Å². The van der Waals surface area contributed by atoms with Crippen LogP contribution in [0.25, 0.3) is 5.03 Å². The van der Waals surface area contributed by atoms with Crippen molar-refractivity contribution >= 4 is 22.5 Å². The fourth-order valence-electron chi connectivity index (χ4n) is 1.16. The highest BCUT2D eigenvalue weighted by Gasteiger charge is 2.16. The Balaban J connectivity index is 3.08. The van der Waals surface area contributed by atoms with Gasteiger partial charge in [-0.25, -0.2) is 0 Å². The van der Waals surface area contributed by atoms with Gasteiger partial charge in [0.25, 0.3) is 0 Å². The number of nitro groups is 1. The highest BCUT2D eigenvalue weighted by atomic mass is 35.5. The van der Waals surface area contributed by atoms with Crippen LogP contribution < -0.4 is 0 Å². The summed E-state index contributed by atoms with van der Waals surface area (Å²) in [6.07, 6.45) is 1.28. The van der Waals surface area contributed by atoms with Gasteiger partial charge in [0, 0.05) is 0 Å². The van der Waals surface area contributed by atoms with Crippen LogP contribution in [-0.4, -0.2) is 4.92 Å². The molecule has 0 fully saturated rings. The van der Waals surface area contributed by atoms with Gasteiger partial charge in [-0.05, 0) is 12.5 Å². The summed E-state index contributed by atoms with van der Waals surface area (Å²) in [6, 6.07) is 4.55. The van der Waals surface area contributed by atoms with Crippen molar-refractivity contribution < 1.29 is 9.34 Å². The molecule has 0 aliphatic carbocycles. The normalized spacial score (nSPS) is 11.8. The Bertz CT molecular complexity index is 471. The fourth-order valence-corrected chi connectivity index (χ4v) is 1.40. The molecule has 0 aliphatic heterocycles. The molecule has 1 rings (SSSR count). The van der Waals surface area contributed by atoms with Crippen LogP contribution in [0.3, 0.4) is 0 Å². The number of allylic oxidation sites excluding steroid dienone is 1. The van der Waals surface area contributed by atoms with Gasteiger partial charge in [-0.3, -0.25) is 10.1 Å². The quantitative estimate of drug-likeness (QED) is 0.458. The number of nitriles is 1. The molecular formula is C10H9ClN2O3. The molecule has 0 aliphatic rings. The molecule has 1 heterocycles. The van der Waals surface area contributed by atoms with Crippen LogP contribution in [0.15, 0.2) is 22.1 Å². The maximum Gasteiger partial charge on any atom is 0.433 e. The first kappa shape index (κ1) is 12.3. The fraction of sp³-hybridized carbons (Fsp3) is 0.300. The Morgan fingerprint density at radius 2 is 2.38 bits per heavy atom. The van der Waals surface area contributed by atoms with Crippen molar-refractivity contribution in [2.24, 2.45) is 0 Å². The number of rotatable bonds is 4. The minimum atomic E-state index is -0.653. The SMILES string of the molecule is CCCC(C#N)=C(Cl)c1ccc([N+](=O)[O-])o1. The van der Waals surface area contributed by atoms with Gasteiger partial charge in [0.15, 0.2) is 5.76 Å². The summed E-state index contributed by atoms with van der Waals surface area (Å²) < 4.78 is 4.90. The topological polar surface area (TPSA) is 80.1 Å². The van der Waals surface area contributed by atoms with E-state index in [0.29, 0.717) is 12.0 Å². The van der Waals surface area contributed by atoms with Gasteiger partial charge < -0.3 is 4.42 Å². The molecule has 0 saturated heterocycles. The first-order valence-electron chi connectivity index (χ1n) is 4.63. The van der Waals surface area contributed by atoms with E-state index in [1.54, 1.807) is 0 Å². The molecule has 84 valence electrons. The largest absolute Gasteiger partial charge is 0.433 e. The average molecular weight is 241 g/mol. The maximum atomic E-state index is 10.4. The Labute approximate surface area is 97.1 Å². The van der Waals surface area contributed by atoms with Crippen molar-refractivity contribution in [2.45, 2.75) is 19.8 Å². The lowest BCUT2D eigenvalue weighted by atomic mass is 10.1. The highest BCUT2D eigenvalue weighted by Crippen LogP contribution is 2.29. The molecule has 0 saturated carbocycles. The molecule has 0 unspecified atom stereocenters. The highest BCUT2D eigenvalue weighted by molar-refractivity contribution is 6.49. The number of hydrogen-bond donors (Lipinski definition) is 0. The van der Waals surface area contributed by atoms with Gasteiger partial charge in [0.1, 0.15) is 4.92 Å². The van der Waals surface area contributed by atoms with Crippen molar-refractivity contribution in [1.29, 1.82) is 5.26 Å². The van der Waals surface area contributed by atoms with E-state index in [2.05, 4.69) is 0 Å². The van der Waals surface area contributed by atoms with E-state index in [1.165, 1.54) is 12.1 Å². The lowest BCUT2D eigenvalue weighted by molar-refractivity contribution is -0.402. The molecule has 0 aromatic carbocycles.